The molecular formula is C18H16N4O4S. The molecule has 3 rings (SSSR count). The van der Waals surface area contributed by atoms with Crippen molar-refractivity contribution in [1.82, 2.24) is 4.98 Å². The molecule has 0 unspecified atom stereocenters. The zero-order valence-electron chi connectivity index (χ0n) is 14.1. The predicted octanol–water partition coefficient (Wildman–Crippen LogP) is 3.40. The molecule has 3 aromatic rings. The Morgan fingerprint density at radius 2 is 1.74 bits per heavy atom. The van der Waals surface area contributed by atoms with Gasteiger partial charge in [0.1, 0.15) is 5.69 Å². The number of nitro benzene ring substituents is 1. The minimum Gasteiger partial charge on any atom is -0.374 e. The summed E-state index contributed by atoms with van der Waals surface area (Å²) in [4.78, 5) is 14.7. The van der Waals surface area contributed by atoms with E-state index >= 15 is 0 Å². The summed E-state index contributed by atoms with van der Waals surface area (Å²) in [5.74, 6) is 0. The van der Waals surface area contributed by atoms with Crippen molar-refractivity contribution in [3.05, 3.63) is 88.7 Å². The van der Waals surface area contributed by atoms with Crippen LogP contribution in [0.25, 0.3) is 0 Å². The highest BCUT2D eigenvalue weighted by molar-refractivity contribution is 7.92. The van der Waals surface area contributed by atoms with Gasteiger partial charge in [-0.05, 0) is 36.4 Å². The van der Waals surface area contributed by atoms with Gasteiger partial charge in [0.15, 0.2) is 0 Å². The Balaban J connectivity index is 1.85. The number of hydrogen-bond acceptors (Lipinski definition) is 6. The van der Waals surface area contributed by atoms with Crippen LogP contribution in [0.3, 0.4) is 0 Å². The maximum Gasteiger partial charge on any atom is 0.293 e. The molecule has 1 aromatic heterocycles. The zero-order valence-corrected chi connectivity index (χ0v) is 14.9. The smallest absolute Gasteiger partial charge is 0.293 e. The molecule has 0 amide bonds. The summed E-state index contributed by atoms with van der Waals surface area (Å²) in [7, 11) is -3.95. The third-order valence-electron chi connectivity index (χ3n) is 3.69. The molecule has 0 saturated heterocycles. The predicted molar refractivity (Wildman–Crippen MR) is 102 cm³/mol. The number of nitrogens with zero attached hydrogens (tertiary/aromatic N) is 2. The monoisotopic (exact) mass is 384 g/mol. The number of benzene rings is 2. The summed E-state index contributed by atoms with van der Waals surface area (Å²) in [6.07, 6.45) is 1.62. The van der Waals surface area contributed by atoms with Crippen LogP contribution < -0.4 is 10.0 Å². The molecule has 138 valence electrons. The molecule has 0 saturated carbocycles. The standard InChI is InChI=1S/C18H16N4O4S/c23-22(24)18-12-16(27(25,26)21-14-6-2-1-3-7-14)9-10-17(18)20-13-15-8-4-5-11-19-15/h1-12,20-21H,13H2. The first-order valence-corrected chi connectivity index (χ1v) is 9.44. The molecular weight excluding hydrogens is 368 g/mol. The average Bonchev–Trinajstić information content (AvgIpc) is 2.67. The maximum absolute atomic E-state index is 12.5. The third-order valence-corrected chi connectivity index (χ3v) is 5.07. The number of para-hydroxylation sites is 1. The number of rotatable bonds is 7. The van der Waals surface area contributed by atoms with Gasteiger partial charge in [-0.1, -0.05) is 24.3 Å². The minimum absolute atomic E-state index is 0.193. The number of nitro groups is 1. The Hall–Kier alpha value is -3.46. The molecule has 2 N–H and O–H groups in total. The molecule has 0 aliphatic rings. The SMILES string of the molecule is O=[N+]([O-])c1cc(S(=O)(=O)Nc2ccccc2)ccc1NCc1ccccn1. The Kier molecular flexibility index (Phi) is 5.32. The van der Waals surface area contributed by atoms with Crippen molar-refractivity contribution in [3.63, 3.8) is 0 Å². The first-order chi connectivity index (χ1) is 13.0. The quantitative estimate of drug-likeness (QED) is 0.477. The van der Waals surface area contributed by atoms with Gasteiger partial charge in [-0.25, -0.2) is 8.42 Å². The van der Waals surface area contributed by atoms with Crippen molar-refractivity contribution in [2.75, 3.05) is 10.0 Å². The molecule has 0 atom stereocenters. The largest absolute Gasteiger partial charge is 0.374 e. The van der Waals surface area contributed by atoms with Crippen molar-refractivity contribution in [2.24, 2.45) is 0 Å². The molecule has 27 heavy (non-hydrogen) atoms. The van der Waals surface area contributed by atoms with Gasteiger partial charge in [-0.15, -0.1) is 0 Å². The lowest BCUT2D eigenvalue weighted by molar-refractivity contribution is -0.384. The fourth-order valence-corrected chi connectivity index (χ4v) is 3.47. The van der Waals surface area contributed by atoms with E-state index in [1.54, 1.807) is 48.7 Å². The Labute approximate surface area is 156 Å². The van der Waals surface area contributed by atoms with E-state index in [0.29, 0.717) is 11.4 Å². The zero-order chi connectivity index (χ0) is 19.3. The topological polar surface area (TPSA) is 114 Å². The van der Waals surface area contributed by atoms with E-state index in [4.69, 9.17) is 0 Å². The van der Waals surface area contributed by atoms with Crippen LogP contribution in [0.4, 0.5) is 17.1 Å². The number of hydrogen-bond donors (Lipinski definition) is 2. The van der Waals surface area contributed by atoms with E-state index in [2.05, 4.69) is 15.0 Å². The van der Waals surface area contributed by atoms with E-state index in [0.717, 1.165) is 6.07 Å². The van der Waals surface area contributed by atoms with Gasteiger partial charge in [0, 0.05) is 18.0 Å². The highest BCUT2D eigenvalue weighted by Crippen LogP contribution is 2.28. The van der Waals surface area contributed by atoms with Crippen LogP contribution in [0, 0.1) is 10.1 Å². The van der Waals surface area contributed by atoms with Crippen LogP contribution in [0.1, 0.15) is 5.69 Å². The number of anilines is 2. The molecule has 0 radical (unpaired) electrons. The molecule has 0 aliphatic heterocycles. The van der Waals surface area contributed by atoms with Gasteiger partial charge in [0.2, 0.25) is 0 Å². The van der Waals surface area contributed by atoms with Gasteiger partial charge in [0.05, 0.1) is 22.1 Å². The maximum atomic E-state index is 12.5. The summed E-state index contributed by atoms with van der Waals surface area (Å²) >= 11 is 0. The molecule has 8 nitrogen and oxygen atoms in total. The van der Waals surface area contributed by atoms with E-state index in [1.165, 1.54) is 12.1 Å². The molecule has 0 spiro atoms. The lowest BCUT2D eigenvalue weighted by atomic mass is 10.2. The minimum atomic E-state index is -3.95. The van der Waals surface area contributed by atoms with E-state index < -0.39 is 14.9 Å². The van der Waals surface area contributed by atoms with Crippen molar-refractivity contribution in [1.29, 1.82) is 0 Å². The molecule has 0 bridgehead atoms. The highest BCUT2D eigenvalue weighted by Gasteiger charge is 2.21. The second-order valence-electron chi connectivity index (χ2n) is 5.58. The van der Waals surface area contributed by atoms with Crippen molar-refractivity contribution in [2.45, 2.75) is 11.4 Å². The molecule has 9 heteroatoms. The van der Waals surface area contributed by atoms with Crippen molar-refractivity contribution in [3.8, 4) is 0 Å². The summed E-state index contributed by atoms with van der Waals surface area (Å²) < 4.78 is 27.4. The van der Waals surface area contributed by atoms with Crippen LogP contribution in [0.2, 0.25) is 0 Å². The summed E-state index contributed by atoms with van der Waals surface area (Å²) in [5, 5.41) is 14.3. The van der Waals surface area contributed by atoms with Crippen molar-refractivity contribution >= 4 is 27.1 Å². The van der Waals surface area contributed by atoms with Gasteiger partial charge >= 0.3 is 0 Å². The molecule has 1 heterocycles. The summed E-state index contributed by atoms with van der Waals surface area (Å²) in [6.45, 7) is 0.274. The van der Waals surface area contributed by atoms with Gasteiger partial charge in [-0.2, -0.15) is 0 Å². The molecule has 0 aliphatic carbocycles. The molecule has 0 fully saturated rings. The van der Waals surface area contributed by atoms with Gasteiger partial charge in [-0.3, -0.25) is 19.8 Å². The van der Waals surface area contributed by atoms with Crippen LogP contribution in [0.15, 0.2) is 77.8 Å². The summed E-state index contributed by atoms with van der Waals surface area (Å²) in [5.41, 5.74) is 0.956. The van der Waals surface area contributed by atoms with E-state index in [1.807, 2.05) is 6.07 Å². The highest BCUT2D eigenvalue weighted by atomic mass is 32.2. The number of nitrogens with one attached hydrogen (secondary N) is 2. The fraction of sp³-hybridized carbons (Fsp3) is 0.0556. The van der Waals surface area contributed by atoms with E-state index in [-0.39, 0.29) is 22.8 Å². The lowest BCUT2D eigenvalue weighted by Gasteiger charge is -2.10. The Morgan fingerprint density at radius 3 is 2.41 bits per heavy atom. The number of pyridine rings is 1. The van der Waals surface area contributed by atoms with Crippen LogP contribution in [-0.2, 0) is 16.6 Å². The summed E-state index contributed by atoms with van der Waals surface area (Å²) in [6, 6.07) is 17.4. The van der Waals surface area contributed by atoms with Crippen LogP contribution in [-0.4, -0.2) is 18.3 Å². The lowest BCUT2D eigenvalue weighted by Crippen LogP contribution is -2.13. The molecule has 2 aromatic carbocycles. The third kappa shape index (κ3) is 4.59. The van der Waals surface area contributed by atoms with Crippen molar-refractivity contribution < 1.29 is 13.3 Å². The Bertz CT molecular complexity index is 1040. The number of sulfonamides is 1. The number of aromatic nitrogens is 1. The fourth-order valence-electron chi connectivity index (χ4n) is 2.39. The van der Waals surface area contributed by atoms with Crippen LogP contribution in [0.5, 0.6) is 0 Å². The van der Waals surface area contributed by atoms with E-state index in [9.17, 15) is 18.5 Å². The first kappa shape index (κ1) is 18.3. The normalized spacial score (nSPS) is 11.0. The van der Waals surface area contributed by atoms with Gasteiger partial charge < -0.3 is 5.32 Å². The Morgan fingerprint density at radius 1 is 1.00 bits per heavy atom. The van der Waals surface area contributed by atoms with Crippen LogP contribution >= 0.6 is 0 Å². The average molecular weight is 384 g/mol. The first-order valence-electron chi connectivity index (χ1n) is 7.96. The van der Waals surface area contributed by atoms with Gasteiger partial charge in [0.25, 0.3) is 15.7 Å². The second kappa shape index (κ2) is 7.83. The second-order valence-corrected chi connectivity index (χ2v) is 7.26.